The molecule has 0 bridgehead atoms. The summed E-state index contributed by atoms with van der Waals surface area (Å²) in [5, 5.41) is 17.4. The number of nitrogens with one attached hydrogen (secondary N) is 1. The van der Waals surface area contributed by atoms with Gasteiger partial charge in [0.15, 0.2) is 0 Å². The molecule has 0 amide bonds. The second-order valence-corrected chi connectivity index (χ2v) is 8.51. The highest BCUT2D eigenvalue weighted by Gasteiger charge is 2.18. The molecular weight excluding hydrogens is 483 g/mol. The van der Waals surface area contributed by atoms with Gasteiger partial charge in [0.1, 0.15) is 0 Å². The fourth-order valence-electron chi connectivity index (χ4n) is 3.71. The maximum Gasteiger partial charge on any atom is 0.263 e. The van der Waals surface area contributed by atoms with Crippen LogP contribution < -0.4 is 10.2 Å². The zero-order valence-corrected chi connectivity index (χ0v) is 20.3. The number of hydrogen-bond donors (Lipinski definition) is 1. The van der Waals surface area contributed by atoms with E-state index in [1.165, 1.54) is 0 Å². The van der Waals surface area contributed by atoms with Crippen molar-refractivity contribution in [3.8, 4) is 17.5 Å². The number of nitrogens with zero attached hydrogens (tertiary/aromatic N) is 5. The molecule has 0 spiro atoms. The van der Waals surface area contributed by atoms with Gasteiger partial charge >= 0.3 is 0 Å². The Kier molecular flexibility index (Phi) is 9.21. The number of rotatable bonds is 8. The molecule has 33 heavy (non-hydrogen) atoms. The molecule has 1 N–H and O–H groups in total. The number of halogens is 3. The van der Waals surface area contributed by atoms with Crippen molar-refractivity contribution in [1.29, 1.82) is 5.26 Å². The Labute approximate surface area is 209 Å². The molecule has 2 aromatic carbocycles. The van der Waals surface area contributed by atoms with E-state index in [4.69, 9.17) is 33.0 Å². The minimum absolute atomic E-state index is 0. The van der Waals surface area contributed by atoms with Crippen molar-refractivity contribution in [3.63, 3.8) is 0 Å². The Balaban J connectivity index is 0.00000306. The van der Waals surface area contributed by atoms with E-state index in [2.05, 4.69) is 31.3 Å². The molecule has 10 heteroatoms. The Morgan fingerprint density at radius 3 is 2.48 bits per heavy atom. The fourth-order valence-corrected chi connectivity index (χ4v) is 4.24. The molecule has 174 valence electrons. The minimum atomic E-state index is 0. The highest BCUT2D eigenvalue weighted by Crippen LogP contribution is 2.29. The predicted octanol–water partition coefficient (Wildman–Crippen LogP) is 5.35. The first kappa shape index (κ1) is 25.1. The average Bonchev–Trinajstić information content (AvgIpc) is 3.28. The number of piperazine rings is 1. The van der Waals surface area contributed by atoms with Crippen LogP contribution >= 0.6 is 35.6 Å². The first-order chi connectivity index (χ1) is 15.6. The third-order valence-corrected chi connectivity index (χ3v) is 6.03. The van der Waals surface area contributed by atoms with E-state index in [9.17, 15) is 0 Å². The van der Waals surface area contributed by atoms with Crippen LogP contribution in [0.15, 0.2) is 47.0 Å². The third-order valence-electron chi connectivity index (χ3n) is 5.49. The summed E-state index contributed by atoms with van der Waals surface area (Å²) in [6, 6.07) is 14.8. The Hall–Kier alpha value is -2.50. The van der Waals surface area contributed by atoms with Gasteiger partial charge in [-0.3, -0.25) is 4.90 Å². The standard InChI is InChI=1S/C23H24Cl2N6O.ClH/c24-19-7-8-21(20(25)15-19)31-13-11-30(12-14-31)10-2-1-9-27-23-28-22(32-29-23)18-5-3-17(16-26)4-6-18;/h3-8,15H,1-2,9-14H2,(H,27,29);1H. The van der Waals surface area contributed by atoms with Gasteiger partial charge in [-0.15, -0.1) is 12.4 Å². The van der Waals surface area contributed by atoms with Gasteiger partial charge in [0.25, 0.3) is 11.8 Å². The van der Waals surface area contributed by atoms with Crippen LogP contribution in [-0.4, -0.2) is 54.3 Å². The van der Waals surface area contributed by atoms with E-state index >= 15 is 0 Å². The van der Waals surface area contributed by atoms with Crippen LogP contribution in [0.2, 0.25) is 10.0 Å². The van der Waals surface area contributed by atoms with Crippen molar-refractivity contribution in [2.75, 3.05) is 49.5 Å². The summed E-state index contributed by atoms with van der Waals surface area (Å²) in [5.41, 5.74) is 2.45. The van der Waals surface area contributed by atoms with E-state index in [1.807, 2.05) is 12.1 Å². The first-order valence-electron chi connectivity index (χ1n) is 10.6. The molecule has 2 heterocycles. The van der Waals surface area contributed by atoms with Gasteiger partial charge in [0.05, 0.1) is 22.3 Å². The van der Waals surface area contributed by atoms with E-state index in [0.717, 1.165) is 63.4 Å². The van der Waals surface area contributed by atoms with Gasteiger partial charge < -0.3 is 14.7 Å². The van der Waals surface area contributed by atoms with Crippen LogP contribution in [0.4, 0.5) is 11.6 Å². The van der Waals surface area contributed by atoms with Crippen LogP contribution in [0, 0.1) is 11.3 Å². The Morgan fingerprint density at radius 2 is 1.79 bits per heavy atom. The van der Waals surface area contributed by atoms with Gasteiger partial charge in [0, 0.05) is 43.3 Å². The van der Waals surface area contributed by atoms with Crippen molar-refractivity contribution in [2.45, 2.75) is 12.8 Å². The summed E-state index contributed by atoms with van der Waals surface area (Å²) in [7, 11) is 0. The molecule has 0 aliphatic carbocycles. The van der Waals surface area contributed by atoms with Gasteiger partial charge in [-0.1, -0.05) is 23.2 Å². The molecular formula is C23H25Cl3N6O. The third kappa shape index (κ3) is 6.75. The van der Waals surface area contributed by atoms with Crippen LogP contribution in [0.5, 0.6) is 0 Å². The maximum absolute atomic E-state index is 8.88. The van der Waals surface area contributed by atoms with Crippen molar-refractivity contribution >= 4 is 47.2 Å². The van der Waals surface area contributed by atoms with Crippen molar-refractivity contribution in [1.82, 2.24) is 15.0 Å². The van der Waals surface area contributed by atoms with E-state index in [1.54, 1.807) is 30.3 Å². The lowest BCUT2D eigenvalue weighted by molar-refractivity contribution is 0.254. The molecule has 1 saturated heterocycles. The zero-order valence-electron chi connectivity index (χ0n) is 18.0. The first-order valence-corrected chi connectivity index (χ1v) is 11.4. The van der Waals surface area contributed by atoms with Crippen LogP contribution in [-0.2, 0) is 0 Å². The largest absolute Gasteiger partial charge is 0.368 e. The second-order valence-electron chi connectivity index (χ2n) is 7.67. The molecule has 4 rings (SSSR count). The summed E-state index contributed by atoms with van der Waals surface area (Å²) < 4.78 is 5.30. The molecule has 0 unspecified atom stereocenters. The summed E-state index contributed by atoms with van der Waals surface area (Å²) >= 11 is 12.3. The molecule has 7 nitrogen and oxygen atoms in total. The summed E-state index contributed by atoms with van der Waals surface area (Å²) in [6.45, 7) is 5.80. The predicted molar refractivity (Wildman–Crippen MR) is 135 cm³/mol. The van der Waals surface area contributed by atoms with Crippen molar-refractivity contribution in [3.05, 3.63) is 58.1 Å². The number of unbranched alkanes of at least 4 members (excludes halogenated alkanes) is 1. The number of hydrogen-bond acceptors (Lipinski definition) is 7. The average molecular weight is 508 g/mol. The lowest BCUT2D eigenvalue weighted by Crippen LogP contribution is -2.46. The number of anilines is 2. The molecule has 0 saturated carbocycles. The SMILES string of the molecule is Cl.N#Cc1ccc(-c2nc(NCCCCN3CCN(c4ccc(Cl)cc4Cl)CC3)no2)cc1. The smallest absolute Gasteiger partial charge is 0.263 e. The van der Waals surface area contributed by atoms with Crippen molar-refractivity contribution < 1.29 is 4.52 Å². The fraction of sp³-hybridized carbons (Fsp3) is 0.348. The lowest BCUT2D eigenvalue weighted by atomic mass is 10.1. The Morgan fingerprint density at radius 1 is 1.03 bits per heavy atom. The maximum atomic E-state index is 8.88. The normalized spacial score (nSPS) is 13.9. The van der Waals surface area contributed by atoms with Crippen LogP contribution in [0.3, 0.4) is 0 Å². The van der Waals surface area contributed by atoms with Gasteiger partial charge in [0.2, 0.25) is 0 Å². The minimum Gasteiger partial charge on any atom is -0.368 e. The molecule has 0 radical (unpaired) electrons. The van der Waals surface area contributed by atoms with Gasteiger partial charge in [-0.25, -0.2) is 0 Å². The van der Waals surface area contributed by atoms with E-state index in [-0.39, 0.29) is 12.4 Å². The van der Waals surface area contributed by atoms with E-state index < -0.39 is 0 Å². The van der Waals surface area contributed by atoms with Gasteiger partial charge in [-0.2, -0.15) is 10.2 Å². The quantitative estimate of drug-likeness (QED) is 0.412. The molecule has 0 atom stereocenters. The number of aromatic nitrogens is 2. The van der Waals surface area contributed by atoms with Crippen molar-refractivity contribution in [2.24, 2.45) is 0 Å². The summed E-state index contributed by atoms with van der Waals surface area (Å²) in [6.07, 6.45) is 2.11. The highest BCUT2D eigenvalue weighted by molar-refractivity contribution is 6.36. The van der Waals surface area contributed by atoms with Crippen LogP contribution in [0.1, 0.15) is 18.4 Å². The molecule has 1 aromatic heterocycles. The molecule has 1 aliphatic heterocycles. The molecule has 1 fully saturated rings. The monoisotopic (exact) mass is 506 g/mol. The second kappa shape index (κ2) is 12.1. The molecule has 1 aliphatic rings. The van der Waals surface area contributed by atoms with Crippen LogP contribution in [0.25, 0.3) is 11.5 Å². The number of nitriles is 1. The number of benzene rings is 2. The molecule has 3 aromatic rings. The highest BCUT2D eigenvalue weighted by atomic mass is 35.5. The summed E-state index contributed by atoms with van der Waals surface area (Å²) in [5.74, 6) is 0.925. The lowest BCUT2D eigenvalue weighted by Gasteiger charge is -2.36. The zero-order chi connectivity index (χ0) is 22.3. The van der Waals surface area contributed by atoms with Gasteiger partial charge in [-0.05, 0) is 67.0 Å². The van der Waals surface area contributed by atoms with E-state index in [0.29, 0.717) is 27.4 Å². The topological polar surface area (TPSA) is 81.2 Å². The summed E-state index contributed by atoms with van der Waals surface area (Å²) in [4.78, 5) is 9.17. The Bertz CT molecular complexity index is 1070.